The Morgan fingerprint density at radius 2 is 1.71 bits per heavy atom. The van der Waals surface area contributed by atoms with Crippen LogP contribution in [-0.4, -0.2) is 49.1 Å². The van der Waals surface area contributed by atoms with Crippen LogP contribution in [0.15, 0.2) is 48.1 Å². The third-order valence-corrected chi connectivity index (χ3v) is 6.83. The van der Waals surface area contributed by atoms with Gasteiger partial charge in [-0.3, -0.25) is 9.80 Å². The van der Waals surface area contributed by atoms with E-state index in [9.17, 15) is 0 Å². The van der Waals surface area contributed by atoms with Gasteiger partial charge in [-0.15, -0.1) is 0 Å². The molecule has 1 saturated carbocycles. The molecule has 2 fully saturated rings. The SMILES string of the molecule is COc1ccc(CN2CCN(C(C3=CCCC=C3)C3CCCCC3)CC2)cc1. The van der Waals surface area contributed by atoms with Crippen LogP contribution < -0.4 is 4.74 Å². The Hall–Kier alpha value is -1.58. The van der Waals surface area contributed by atoms with E-state index >= 15 is 0 Å². The van der Waals surface area contributed by atoms with Crippen LogP contribution in [0.3, 0.4) is 0 Å². The minimum Gasteiger partial charge on any atom is -0.497 e. The Labute approximate surface area is 171 Å². The van der Waals surface area contributed by atoms with Gasteiger partial charge in [0.2, 0.25) is 0 Å². The summed E-state index contributed by atoms with van der Waals surface area (Å²) in [6.07, 6.45) is 16.9. The number of hydrogen-bond donors (Lipinski definition) is 0. The van der Waals surface area contributed by atoms with Crippen molar-refractivity contribution in [3.8, 4) is 5.75 Å². The minimum atomic E-state index is 0.653. The Kier molecular flexibility index (Phi) is 6.87. The van der Waals surface area contributed by atoms with Crippen LogP contribution in [0.25, 0.3) is 0 Å². The van der Waals surface area contributed by atoms with Crippen molar-refractivity contribution in [2.24, 2.45) is 5.92 Å². The van der Waals surface area contributed by atoms with Crippen molar-refractivity contribution < 1.29 is 4.74 Å². The molecule has 3 aliphatic rings. The van der Waals surface area contributed by atoms with Gasteiger partial charge in [0, 0.05) is 38.8 Å². The number of benzene rings is 1. The van der Waals surface area contributed by atoms with Gasteiger partial charge in [0.15, 0.2) is 0 Å². The standard InChI is InChI=1S/C25H36N2O/c1-28-24-14-12-21(13-15-24)20-26-16-18-27(19-17-26)25(22-8-4-2-5-9-22)23-10-6-3-7-11-23/h4,8-9,12-15,23,25H,2-3,5-7,10-11,16-20H2,1H3. The maximum absolute atomic E-state index is 5.28. The van der Waals surface area contributed by atoms with Gasteiger partial charge in [-0.2, -0.15) is 0 Å². The minimum absolute atomic E-state index is 0.653. The van der Waals surface area contributed by atoms with Gasteiger partial charge in [0.05, 0.1) is 7.11 Å². The summed E-state index contributed by atoms with van der Waals surface area (Å²) in [5, 5.41) is 0. The molecule has 0 bridgehead atoms. The van der Waals surface area contributed by atoms with Crippen molar-refractivity contribution >= 4 is 0 Å². The summed E-state index contributed by atoms with van der Waals surface area (Å²) in [6, 6.07) is 9.21. The lowest BCUT2D eigenvalue weighted by Gasteiger charge is -2.44. The Bertz CT molecular complexity index is 664. The molecule has 152 valence electrons. The number of nitrogens with zero attached hydrogens (tertiary/aromatic N) is 2. The molecule has 0 amide bonds. The molecular weight excluding hydrogens is 344 g/mol. The number of hydrogen-bond acceptors (Lipinski definition) is 3. The summed E-state index contributed by atoms with van der Waals surface area (Å²) >= 11 is 0. The maximum Gasteiger partial charge on any atom is 0.118 e. The first-order valence-electron chi connectivity index (χ1n) is 11.3. The van der Waals surface area contributed by atoms with Gasteiger partial charge in [-0.05, 0) is 54.9 Å². The molecule has 1 saturated heterocycles. The molecule has 1 aliphatic heterocycles. The number of rotatable bonds is 6. The molecule has 3 nitrogen and oxygen atoms in total. The second-order valence-electron chi connectivity index (χ2n) is 8.69. The molecule has 3 heteroatoms. The molecule has 4 rings (SSSR count). The summed E-state index contributed by atoms with van der Waals surface area (Å²) in [4.78, 5) is 5.42. The lowest BCUT2D eigenvalue weighted by Crippen LogP contribution is -2.52. The van der Waals surface area contributed by atoms with Crippen molar-refractivity contribution in [3.05, 3.63) is 53.6 Å². The Morgan fingerprint density at radius 1 is 0.964 bits per heavy atom. The van der Waals surface area contributed by atoms with Gasteiger partial charge in [0.25, 0.3) is 0 Å². The van der Waals surface area contributed by atoms with Crippen molar-refractivity contribution in [1.29, 1.82) is 0 Å². The molecule has 0 radical (unpaired) electrons. The second kappa shape index (κ2) is 9.76. The highest BCUT2D eigenvalue weighted by Gasteiger charge is 2.32. The van der Waals surface area contributed by atoms with E-state index in [1.54, 1.807) is 12.7 Å². The highest BCUT2D eigenvalue weighted by Crippen LogP contribution is 2.34. The molecule has 1 unspecified atom stereocenters. The summed E-state index contributed by atoms with van der Waals surface area (Å²) in [5.41, 5.74) is 3.00. The van der Waals surface area contributed by atoms with Crippen LogP contribution in [0.4, 0.5) is 0 Å². The van der Waals surface area contributed by atoms with Gasteiger partial charge in [0.1, 0.15) is 5.75 Å². The largest absolute Gasteiger partial charge is 0.497 e. The lowest BCUT2D eigenvalue weighted by atomic mass is 9.79. The number of ether oxygens (including phenoxy) is 1. The first kappa shape index (κ1) is 19.7. The first-order chi connectivity index (χ1) is 13.8. The quantitative estimate of drug-likeness (QED) is 0.688. The van der Waals surface area contributed by atoms with E-state index in [-0.39, 0.29) is 0 Å². The third kappa shape index (κ3) is 4.87. The van der Waals surface area contributed by atoms with E-state index in [1.807, 2.05) is 0 Å². The zero-order chi connectivity index (χ0) is 19.2. The van der Waals surface area contributed by atoms with Crippen LogP contribution in [0.1, 0.15) is 50.5 Å². The van der Waals surface area contributed by atoms with Gasteiger partial charge in [-0.1, -0.05) is 49.6 Å². The smallest absolute Gasteiger partial charge is 0.118 e. The number of allylic oxidation sites excluding steroid dienone is 2. The lowest BCUT2D eigenvalue weighted by molar-refractivity contribution is 0.0722. The van der Waals surface area contributed by atoms with Crippen LogP contribution in [0.2, 0.25) is 0 Å². The third-order valence-electron chi connectivity index (χ3n) is 6.83. The average Bonchev–Trinajstić information content (AvgIpc) is 2.77. The van der Waals surface area contributed by atoms with Crippen LogP contribution in [-0.2, 0) is 6.54 Å². The van der Waals surface area contributed by atoms with Crippen molar-refractivity contribution in [2.75, 3.05) is 33.3 Å². The first-order valence-corrected chi connectivity index (χ1v) is 11.3. The van der Waals surface area contributed by atoms with Gasteiger partial charge >= 0.3 is 0 Å². The van der Waals surface area contributed by atoms with E-state index in [0.29, 0.717) is 6.04 Å². The molecule has 2 aliphatic carbocycles. The summed E-state index contributed by atoms with van der Waals surface area (Å²) in [7, 11) is 1.73. The fourth-order valence-electron chi connectivity index (χ4n) is 5.27. The van der Waals surface area contributed by atoms with E-state index in [4.69, 9.17) is 4.74 Å². The summed E-state index contributed by atoms with van der Waals surface area (Å²) in [5.74, 6) is 1.80. The Balaban J connectivity index is 1.37. The van der Waals surface area contributed by atoms with Crippen LogP contribution >= 0.6 is 0 Å². The van der Waals surface area contributed by atoms with Crippen LogP contribution in [0, 0.1) is 5.92 Å². The normalized spacial score (nSPS) is 23.4. The van der Waals surface area contributed by atoms with E-state index in [1.165, 1.54) is 76.7 Å². The number of methoxy groups -OCH3 is 1. The topological polar surface area (TPSA) is 15.7 Å². The van der Waals surface area contributed by atoms with Crippen molar-refractivity contribution in [1.82, 2.24) is 9.80 Å². The van der Waals surface area contributed by atoms with E-state index < -0.39 is 0 Å². The maximum atomic E-state index is 5.28. The fourth-order valence-corrected chi connectivity index (χ4v) is 5.27. The van der Waals surface area contributed by atoms with E-state index in [2.05, 4.69) is 52.3 Å². The van der Waals surface area contributed by atoms with Gasteiger partial charge in [-0.25, -0.2) is 0 Å². The molecule has 1 aromatic rings. The summed E-state index contributed by atoms with van der Waals surface area (Å²) in [6.45, 7) is 5.79. The fraction of sp³-hybridized carbons (Fsp3) is 0.600. The molecular formula is C25H36N2O. The van der Waals surface area contributed by atoms with Gasteiger partial charge < -0.3 is 4.74 Å². The highest BCUT2D eigenvalue weighted by molar-refractivity contribution is 5.29. The Morgan fingerprint density at radius 3 is 2.36 bits per heavy atom. The molecule has 1 aromatic carbocycles. The summed E-state index contributed by atoms with van der Waals surface area (Å²) < 4.78 is 5.28. The van der Waals surface area contributed by atoms with Crippen molar-refractivity contribution in [2.45, 2.75) is 57.5 Å². The molecule has 1 atom stereocenters. The molecule has 0 aromatic heterocycles. The molecule has 1 heterocycles. The highest BCUT2D eigenvalue weighted by atomic mass is 16.5. The van der Waals surface area contributed by atoms with E-state index in [0.717, 1.165) is 18.2 Å². The molecule has 28 heavy (non-hydrogen) atoms. The zero-order valence-corrected chi connectivity index (χ0v) is 17.5. The molecule has 0 spiro atoms. The predicted octanol–water partition coefficient (Wildman–Crippen LogP) is 5.04. The second-order valence-corrected chi connectivity index (χ2v) is 8.69. The monoisotopic (exact) mass is 380 g/mol. The van der Waals surface area contributed by atoms with Crippen molar-refractivity contribution in [3.63, 3.8) is 0 Å². The average molecular weight is 381 g/mol. The molecule has 0 N–H and O–H groups in total. The predicted molar refractivity (Wildman–Crippen MR) is 117 cm³/mol. The zero-order valence-electron chi connectivity index (χ0n) is 17.5. The number of piperazine rings is 1. The van der Waals surface area contributed by atoms with Crippen LogP contribution in [0.5, 0.6) is 5.75 Å².